The van der Waals surface area contributed by atoms with Crippen molar-refractivity contribution in [3.63, 3.8) is 0 Å². The summed E-state index contributed by atoms with van der Waals surface area (Å²) in [5, 5.41) is 0. The Bertz CT molecular complexity index is 121. The summed E-state index contributed by atoms with van der Waals surface area (Å²) >= 11 is 0. The van der Waals surface area contributed by atoms with E-state index in [1.807, 2.05) is 13.8 Å². The minimum Gasteiger partial charge on any atom is -0.306 e. The lowest BCUT2D eigenvalue weighted by Crippen LogP contribution is -2.57. The zero-order valence-electron chi connectivity index (χ0n) is 10.4. The first-order valence-electron chi connectivity index (χ1n) is 5.79. The third-order valence-corrected chi connectivity index (χ3v) is 2.96. The molecule has 0 aromatic carbocycles. The summed E-state index contributed by atoms with van der Waals surface area (Å²) in [5.41, 5.74) is 0. The van der Waals surface area contributed by atoms with Crippen LogP contribution in [-0.2, 0) is 9.47 Å². The summed E-state index contributed by atoms with van der Waals surface area (Å²) < 4.78 is 12.2. The highest BCUT2D eigenvalue weighted by molar-refractivity contribution is 4.37. The fourth-order valence-electron chi connectivity index (χ4n) is 1.77. The molecule has 0 radical (unpaired) electrons. The largest absolute Gasteiger partial charge is 0.308 e. The van der Waals surface area contributed by atoms with Gasteiger partial charge in [0.15, 0.2) is 0 Å². The Morgan fingerprint density at radius 1 is 0.786 bits per heavy atom. The van der Waals surface area contributed by atoms with Crippen LogP contribution < -0.4 is 0 Å². The van der Waals surface area contributed by atoms with E-state index in [1.54, 1.807) is 0 Å². The lowest BCUT2D eigenvalue weighted by molar-refractivity contribution is -0.990. The number of ether oxygens (including phenoxy) is 2. The molecule has 0 atom stereocenters. The van der Waals surface area contributed by atoms with Crippen LogP contribution in [0.3, 0.4) is 0 Å². The Morgan fingerprint density at radius 3 is 1.36 bits per heavy atom. The molecule has 0 fully saturated rings. The van der Waals surface area contributed by atoms with Crippen molar-refractivity contribution in [2.45, 2.75) is 41.0 Å². The van der Waals surface area contributed by atoms with Crippen molar-refractivity contribution in [3.05, 3.63) is 0 Å². The monoisotopic (exact) mass is 204 g/mol. The number of nitrogens with zero attached hydrogens (tertiary/aromatic N) is 1. The van der Waals surface area contributed by atoms with Gasteiger partial charge in [-0.15, -0.1) is 0 Å². The van der Waals surface area contributed by atoms with Crippen molar-refractivity contribution < 1.29 is 14.0 Å². The van der Waals surface area contributed by atoms with Crippen molar-refractivity contribution >= 4 is 0 Å². The zero-order chi connectivity index (χ0) is 11.0. The van der Waals surface area contributed by atoms with Crippen LogP contribution in [0.2, 0.25) is 0 Å². The summed E-state index contributed by atoms with van der Waals surface area (Å²) in [6.45, 7) is 15.2. The molecular formula is C11H26NO2+. The van der Waals surface area contributed by atoms with Crippen molar-refractivity contribution in [2.75, 3.05) is 32.8 Å². The lowest BCUT2D eigenvalue weighted by atomic mass is 10.4. The van der Waals surface area contributed by atoms with Gasteiger partial charge in [-0.2, -0.15) is 0 Å². The molecule has 0 rings (SSSR count). The minimum atomic E-state index is -0.0926. The van der Waals surface area contributed by atoms with Crippen LogP contribution >= 0.6 is 0 Å². The van der Waals surface area contributed by atoms with E-state index >= 15 is 0 Å². The molecule has 0 amide bonds. The normalized spacial score (nSPS) is 12.4. The first-order valence-corrected chi connectivity index (χ1v) is 5.79. The topological polar surface area (TPSA) is 18.5 Å². The van der Waals surface area contributed by atoms with Gasteiger partial charge in [0.1, 0.15) is 0 Å². The molecule has 0 aliphatic carbocycles. The van der Waals surface area contributed by atoms with E-state index in [0.717, 1.165) is 24.1 Å². The Labute approximate surface area is 88.6 Å². The predicted octanol–water partition coefficient (Wildman–Crippen LogP) is 2.22. The highest BCUT2D eigenvalue weighted by Gasteiger charge is 2.33. The highest BCUT2D eigenvalue weighted by Crippen LogP contribution is 2.15. The maximum Gasteiger partial charge on any atom is 0.308 e. The van der Waals surface area contributed by atoms with Gasteiger partial charge >= 0.3 is 6.41 Å². The average molecular weight is 204 g/mol. The van der Waals surface area contributed by atoms with E-state index in [4.69, 9.17) is 9.47 Å². The molecule has 0 heterocycles. The fraction of sp³-hybridized carbons (Fsp3) is 1.00. The number of hydrogen-bond donors (Lipinski definition) is 0. The Hall–Kier alpha value is -0.120. The molecule has 0 aromatic rings. The first-order chi connectivity index (χ1) is 6.70. The van der Waals surface area contributed by atoms with Gasteiger partial charge in [0.2, 0.25) is 0 Å². The molecule has 14 heavy (non-hydrogen) atoms. The predicted molar refractivity (Wildman–Crippen MR) is 58.9 cm³/mol. The Balaban J connectivity index is 4.52. The molecule has 0 saturated carbocycles. The minimum absolute atomic E-state index is 0.0926. The van der Waals surface area contributed by atoms with Gasteiger partial charge in [-0.05, 0) is 34.6 Å². The lowest BCUT2D eigenvalue weighted by Gasteiger charge is -2.40. The molecule has 3 heteroatoms. The van der Waals surface area contributed by atoms with Crippen LogP contribution in [-0.4, -0.2) is 43.7 Å². The molecular weight excluding hydrogens is 178 g/mol. The van der Waals surface area contributed by atoms with Gasteiger partial charge in [-0.1, -0.05) is 0 Å². The second kappa shape index (κ2) is 7.21. The maximum absolute atomic E-state index is 5.67. The molecule has 86 valence electrons. The van der Waals surface area contributed by atoms with Crippen molar-refractivity contribution in [2.24, 2.45) is 0 Å². The SMILES string of the molecule is CCOC(OCC)[N+](CC)(CC)CC. The van der Waals surface area contributed by atoms with E-state index in [0.29, 0.717) is 13.2 Å². The van der Waals surface area contributed by atoms with Crippen molar-refractivity contribution in [1.29, 1.82) is 0 Å². The molecule has 0 unspecified atom stereocenters. The standard InChI is InChI=1S/C11H26NO2/c1-6-12(7-2,8-3)11(13-9-4)14-10-5/h11H,6-10H2,1-5H3/q+1. The molecule has 0 aliphatic heterocycles. The maximum atomic E-state index is 5.67. The summed E-state index contributed by atoms with van der Waals surface area (Å²) in [7, 11) is 0. The third kappa shape index (κ3) is 3.23. The quantitative estimate of drug-likeness (QED) is 0.446. The molecule has 0 bridgehead atoms. The summed E-state index contributed by atoms with van der Waals surface area (Å²) in [6, 6.07) is 0. The first kappa shape index (κ1) is 13.9. The highest BCUT2D eigenvalue weighted by atomic mass is 16.7. The second-order valence-corrected chi connectivity index (χ2v) is 3.38. The summed E-state index contributed by atoms with van der Waals surface area (Å²) in [4.78, 5) is 0. The number of quaternary nitrogens is 1. The molecule has 0 aliphatic rings. The van der Waals surface area contributed by atoms with Crippen molar-refractivity contribution in [3.8, 4) is 0 Å². The number of rotatable bonds is 8. The van der Waals surface area contributed by atoms with E-state index in [1.165, 1.54) is 0 Å². The third-order valence-electron chi connectivity index (χ3n) is 2.96. The van der Waals surface area contributed by atoms with Crippen LogP contribution in [0.1, 0.15) is 34.6 Å². The average Bonchev–Trinajstić information content (AvgIpc) is 2.22. The van der Waals surface area contributed by atoms with Crippen LogP contribution in [0, 0.1) is 0 Å². The smallest absolute Gasteiger partial charge is 0.306 e. The van der Waals surface area contributed by atoms with Gasteiger partial charge in [-0.3, -0.25) is 4.48 Å². The van der Waals surface area contributed by atoms with Gasteiger partial charge in [0.05, 0.1) is 32.8 Å². The molecule has 0 saturated heterocycles. The number of hydrogen-bond acceptors (Lipinski definition) is 2. The Morgan fingerprint density at radius 2 is 1.14 bits per heavy atom. The van der Waals surface area contributed by atoms with Crippen LogP contribution in [0.5, 0.6) is 0 Å². The molecule has 0 spiro atoms. The van der Waals surface area contributed by atoms with E-state index < -0.39 is 0 Å². The van der Waals surface area contributed by atoms with Gasteiger partial charge in [-0.25, -0.2) is 0 Å². The Kier molecular flexibility index (Phi) is 7.15. The van der Waals surface area contributed by atoms with Gasteiger partial charge in [0.25, 0.3) is 0 Å². The van der Waals surface area contributed by atoms with Gasteiger partial charge < -0.3 is 9.47 Å². The van der Waals surface area contributed by atoms with Crippen molar-refractivity contribution in [1.82, 2.24) is 0 Å². The molecule has 0 aromatic heterocycles. The second-order valence-electron chi connectivity index (χ2n) is 3.38. The van der Waals surface area contributed by atoms with Crippen LogP contribution in [0.4, 0.5) is 0 Å². The summed E-state index contributed by atoms with van der Waals surface area (Å²) in [6.07, 6.45) is -0.0926. The van der Waals surface area contributed by atoms with E-state index in [9.17, 15) is 0 Å². The zero-order valence-corrected chi connectivity index (χ0v) is 10.4. The van der Waals surface area contributed by atoms with E-state index in [2.05, 4.69) is 20.8 Å². The molecule has 3 nitrogen and oxygen atoms in total. The summed E-state index contributed by atoms with van der Waals surface area (Å²) in [5.74, 6) is 0. The van der Waals surface area contributed by atoms with Gasteiger partial charge in [0, 0.05) is 0 Å². The van der Waals surface area contributed by atoms with E-state index in [-0.39, 0.29) is 6.41 Å². The molecule has 0 N–H and O–H groups in total. The fourth-order valence-corrected chi connectivity index (χ4v) is 1.77. The van der Waals surface area contributed by atoms with Crippen LogP contribution in [0.15, 0.2) is 0 Å². The van der Waals surface area contributed by atoms with Crippen LogP contribution in [0.25, 0.3) is 0 Å².